The monoisotopic (exact) mass is 521 g/mol. The average Bonchev–Trinajstić information content (AvgIpc) is 3.53. The van der Waals surface area contributed by atoms with Crippen molar-refractivity contribution in [2.24, 2.45) is 0 Å². The lowest BCUT2D eigenvalue weighted by Crippen LogP contribution is -2.19. The third-order valence-corrected chi connectivity index (χ3v) is 8.24. The SMILES string of the molecule is Cc1[nH]nc2ccc(C(=O)c3cc4cc(OCc5ccccc5)ccc4n3S(=O)(=O)c3ccccc3)cc12. The van der Waals surface area contributed by atoms with Crippen molar-refractivity contribution in [1.29, 1.82) is 0 Å². The minimum Gasteiger partial charge on any atom is -0.489 e. The van der Waals surface area contributed by atoms with Crippen LogP contribution in [0, 0.1) is 6.92 Å². The standard InChI is InChI=1S/C30H23N3O4S/c1-20-26-17-22(12-14-27(26)32-31-20)30(34)29-18-23-16-24(37-19-21-8-4-2-5-9-21)13-15-28(23)33(29)38(35,36)25-10-6-3-7-11-25/h2-18H,19H2,1H3,(H,31,32). The van der Waals surface area contributed by atoms with Gasteiger partial charge in [0.2, 0.25) is 5.78 Å². The molecule has 0 aliphatic heterocycles. The zero-order valence-corrected chi connectivity index (χ0v) is 21.3. The van der Waals surface area contributed by atoms with Gasteiger partial charge in [0.15, 0.2) is 0 Å². The van der Waals surface area contributed by atoms with Crippen molar-refractivity contribution < 1.29 is 17.9 Å². The highest BCUT2D eigenvalue weighted by molar-refractivity contribution is 7.90. The number of benzene rings is 4. The van der Waals surface area contributed by atoms with Crippen LogP contribution in [-0.2, 0) is 16.6 Å². The second-order valence-electron chi connectivity index (χ2n) is 9.02. The Morgan fingerprint density at radius 3 is 2.39 bits per heavy atom. The van der Waals surface area contributed by atoms with E-state index in [-0.39, 0.29) is 10.6 Å². The molecule has 0 saturated carbocycles. The molecule has 38 heavy (non-hydrogen) atoms. The van der Waals surface area contributed by atoms with E-state index in [4.69, 9.17) is 4.74 Å². The number of fused-ring (bicyclic) bond motifs is 2. The first-order chi connectivity index (χ1) is 18.4. The number of carbonyl (C=O) groups is 1. The molecule has 0 radical (unpaired) electrons. The molecule has 1 N–H and O–H groups in total. The van der Waals surface area contributed by atoms with Crippen LogP contribution in [0.2, 0.25) is 0 Å². The van der Waals surface area contributed by atoms with Gasteiger partial charge in [0.25, 0.3) is 10.0 Å². The molecule has 2 aromatic heterocycles. The molecule has 0 fully saturated rings. The van der Waals surface area contributed by atoms with Crippen LogP contribution in [0.25, 0.3) is 21.8 Å². The Morgan fingerprint density at radius 2 is 1.63 bits per heavy atom. The molecule has 0 unspecified atom stereocenters. The first-order valence-corrected chi connectivity index (χ1v) is 13.5. The fraction of sp³-hybridized carbons (Fsp3) is 0.0667. The second-order valence-corrected chi connectivity index (χ2v) is 10.8. The van der Waals surface area contributed by atoms with Crippen LogP contribution < -0.4 is 4.74 Å². The number of aromatic amines is 1. The van der Waals surface area contributed by atoms with E-state index in [0.29, 0.717) is 28.8 Å². The average molecular weight is 522 g/mol. The van der Waals surface area contributed by atoms with Crippen molar-refractivity contribution >= 4 is 37.6 Å². The molecule has 0 amide bonds. The van der Waals surface area contributed by atoms with Gasteiger partial charge in [-0.05, 0) is 67.1 Å². The van der Waals surface area contributed by atoms with E-state index < -0.39 is 15.8 Å². The van der Waals surface area contributed by atoms with Gasteiger partial charge in [-0.25, -0.2) is 12.4 Å². The topological polar surface area (TPSA) is 94.1 Å². The van der Waals surface area contributed by atoms with Crippen molar-refractivity contribution in [2.75, 3.05) is 0 Å². The highest BCUT2D eigenvalue weighted by Gasteiger charge is 2.27. The van der Waals surface area contributed by atoms with Crippen LogP contribution in [0.15, 0.2) is 108 Å². The maximum Gasteiger partial charge on any atom is 0.268 e. The number of hydrogen-bond donors (Lipinski definition) is 1. The smallest absolute Gasteiger partial charge is 0.268 e. The molecule has 0 spiro atoms. The normalized spacial score (nSPS) is 11.7. The Balaban J connectivity index is 1.48. The van der Waals surface area contributed by atoms with Crippen LogP contribution in [0.1, 0.15) is 27.3 Å². The van der Waals surface area contributed by atoms with Crippen molar-refractivity contribution in [3.63, 3.8) is 0 Å². The van der Waals surface area contributed by atoms with Crippen molar-refractivity contribution in [3.8, 4) is 5.75 Å². The number of rotatable bonds is 7. The maximum atomic E-state index is 13.9. The number of aromatic nitrogens is 3. The molecule has 0 saturated heterocycles. The van der Waals surface area contributed by atoms with Crippen LogP contribution >= 0.6 is 0 Å². The highest BCUT2D eigenvalue weighted by Crippen LogP contribution is 2.31. The van der Waals surface area contributed by atoms with E-state index in [2.05, 4.69) is 10.2 Å². The number of aryl methyl sites for hydroxylation is 1. The van der Waals surface area contributed by atoms with Crippen LogP contribution in [0.3, 0.4) is 0 Å². The fourth-order valence-corrected chi connectivity index (χ4v) is 6.07. The van der Waals surface area contributed by atoms with Gasteiger partial charge in [-0.2, -0.15) is 5.10 Å². The summed E-state index contributed by atoms with van der Waals surface area (Å²) in [5.74, 6) is 0.167. The van der Waals surface area contributed by atoms with Gasteiger partial charge in [-0.3, -0.25) is 9.89 Å². The van der Waals surface area contributed by atoms with Crippen molar-refractivity contribution in [2.45, 2.75) is 18.4 Å². The summed E-state index contributed by atoms with van der Waals surface area (Å²) in [5, 5.41) is 8.52. The second kappa shape index (κ2) is 9.32. The molecule has 0 aliphatic rings. The summed E-state index contributed by atoms with van der Waals surface area (Å²) >= 11 is 0. The van der Waals surface area contributed by atoms with Crippen molar-refractivity contribution in [3.05, 3.63) is 126 Å². The van der Waals surface area contributed by atoms with Gasteiger partial charge in [0, 0.05) is 22.0 Å². The van der Waals surface area contributed by atoms with E-state index in [9.17, 15) is 13.2 Å². The quantitative estimate of drug-likeness (QED) is 0.265. The Labute approximate surface area is 219 Å². The number of carbonyl (C=O) groups excluding carboxylic acids is 1. The summed E-state index contributed by atoms with van der Waals surface area (Å²) in [5.41, 5.74) is 3.38. The van der Waals surface area contributed by atoms with E-state index in [1.54, 1.807) is 60.7 Å². The zero-order valence-electron chi connectivity index (χ0n) is 20.5. The molecule has 0 atom stereocenters. The largest absolute Gasteiger partial charge is 0.489 e. The van der Waals surface area contributed by atoms with E-state index >= 15 is 0 Å². The number of nitrogens with one attached hydrogen (secondary N) is 1. The first-order valence-electron chi connectivity index (χ1n) is 12.0. The minimum atomic E-state index is -4.08. The molecule has 2 heterocycles. The van der Waals surface area contributed by atoms with Crippen LogP contribution in [0.4, 0.5) is 0 Å². The van der Waals surface area contributed by atoms with Crippen molar-refractivity contribution in [1.82, 2.24) is 14.2 Å². The molecule has 7 nitrogen and oxygen atoms in total. The van der Waals surface area contributed by atoms with Crippen LogP contribution in [0.5, 0.6) is 5.75 Å². The first kappa shape index (κ1) is 23.7. The molecule has 0 bridgehead atoms. The van der Waals surface area contributed by atoms with Gasteiger partial charge < -0.3 is 4.74 Å². The highest BCUT2D eigenvalue weighted by atomic mass is 32.2. The Kier molecular flexibility index (Phi) is 5.81. The summed E-state index contributed by atoms with van der Waals surface area (Å²) in [6.45, 7) is 2.24. The molecular formula is C30H23N3O4S. The number of nitrogens with zero attached hydrogens (tertiary/aromatic N) is 2. The third-order valence-electron chi connectivity index (χ3n) is 6.50. The molecule has 8 heteroatoms. The van der Waals surface area contributed by atoms with E-state index in [0.717, 1.165) is 26.1 Å². The third kappa shape index (κ3) is 4.14. The fourth-order valence-electron chi connectivity index (χ4n) is 4.54. The molecule has 0 aliphatic carbocycles. The summed E-state index contributed by atoms with van der Waals surface area (Å²) in [6, 6.07) is 29.8. The maximum absolute atomic E-state index is 13.9. The van der Waals surface area contributed by atoms with Crippen LogP contribution in [-0.4, -0.2) is 28.4 Å². The number of ether oxygens (including phenoxy) is 1. The summed E-state index contributed by atoms with van der Waals surface area (Å²) in [4.78, 5) is 13.9. The molecule has 4 aromatic carbocycles. The minimum absolute atomic E-state index is 0.0459. The van der Waals surface area contributed by atoms with Gasteiger partial charge in [-0.1, -0.05) is 48.5 Å². The Bertz CT molecular complexity index is 1910. The lowest BCUT2D eigenvalue weighted by atomic mass is 10.1. The summed E-state index contributed by atoms with van der Waals surface area (Å²) in [6.07, 6.45) is 0. The van der Waals surface area contributed by atoms with Gasteiger partial charge in [-0.15, -0.1) is 0 Å². The predicted octanol–water partition coefficient (Wildman–Crippen LogP) is 5.87. The molecular weight excluding hydrogens is 498 g/mol. The van der Waals surface area contributed by atoms with E-state index in [1.165, 1.54) is 12.1 Å². The number of hydrogen-bond acceptors (Lipinski definition) is 5. The number of H-pyrrole nitrogens is 1. The Morgan fingerprint density at radius 1 is 0.895 bits per heavy atom. The van der Waals surface area contributed by atoms with Gasteiger partial charge in [0.05, 0.1) is 15.9 Å². The molecule has 6 aromatic rings. The Hall–Kier alpha value is -4.69. The predicted molar refractivity (Wildman–Crippen MR) is 146 cm³/mol. The summed E-state index contributed by atoms with van der Waals surface area (Å²) in [7, 11) is -4.08. The lowest BCUT2D eigenvalue weighted by Gasteiger charge is -2.12. The lowest BCUT2D eigenvalue weighted by molar-refractivity contribution is 0.103. The summed E-state index contributed by atoms with van der Waals surface area (Å²) < 4.78 is 34.8. The van der Waals surface area contributed by atoms with Gasteiger partial charge in [0.1, 0.15) is 18.1 Å². The number of ketones is 1. The molecule has 188 valence electrons. The molecule has 6 rings (SSSR count). The zero-order chi connectivity index (χ0) is 26.3. The van der Waals surface area contributed by atoms with E-state index in [1.807, 2.05) is 37.3 Å². The van der Waals surface area contributed by atoms with Gasteiger partial charge >= 0.3 is 0 Å².